The second-order valence-corrected chi connectivity index (χ2v) is 4.85. The minimum Gasteiger partial charge on any atom is -0.377 e. The maximum Gasteiger partial charge on any atom is 0.158 e. The third-order valence-corrected chi connectivity index (χ3v) is 3.63. The highest BCUT2D eigenvalue weighted by Crippen LogP contribution is 2.29. The van der Waals surface area contributed by atoms with E-state index in [-0.39, 0.29) is 0 Å². The van der Waals surface area contributed by atoms with Crippen LogP contribution in [-0.2, 0) is 17.8 Å². The van der Waals surface area contributed by atoms with Gasteiger partial charge in [-0.15, -0.1) is 11.3 Å². The number of thiophene rings is 1. The normalized spacial score (nSPS) is 11.0. The molecule has 0 aliphatic rings. The molecule has 4 nitrogen and oxygen atoms in total. The molecular formula is C12H17N3OS. The van der Waals surface area contributed by atoms with E-state index in [1.807, 2.05) is 0 Å². The molecule has 0 radical (unpaired) electrons. The number of rotatable bonds is 5. The molecule has 0 bridgehead atoms. The maximum atomic E-state index is 5.09. The van der Waals surface area contributed by atoms with Crippen molar-refractivity contribution in [1.29, 1.82) is 0 Å². The molecule has 92 valence electrons. The predicted octanol–water partition coefficient (Wildman–Crippen LogP) is 2.83. The van der Waals surface area contributed by atoms with Crippen molar-refractivity contribution < 1.29 is 4.74 Å². The van der Waals surface area contributed by atoms with E-state index in [0.717, 1.165) is 34.8 Å². The monoisotopic (exact) mass is 251 g/mol. The van der Waals surface area contributed by atoms with Gasteiger partial charge in [-0.2, -0.15) is 0 Å². The summed E-state index contributed by atoms with van der Waals surface area (Å²) < 4.78 is 5.09. The Kier molecular flexibility index (Phi) is 3.91. The fourth-order valence-corrected chi connectivity index (χ4v) is 2.67. The van der Waals surface area contributed by atoms with E-state index >= 15 is 0 Å². The van der Waals surface area contributed by atoms with Gasteiger partial charge < -0.3 is 10.1 Å². The first-order valence-electron chi connectivity index (χ1n) is 5.80. The minimum absolute atomic E-state index is 0.452. The molecule has 2 aromatic heterocycles. The molecule has 1 N–H and O–H groups in total. The fraction of sp³-hybridized carbons (Fsp3) is 0.500. The van der Waals surface area contributed by atoms with E-state index < -0.39 is 0 Å². The van der Waals surface area contributed by atoms with Crippen molar-refractivity contribution in [3.8, 4) is 0 Å². The van der Waals surface area contributed by atoms with Crippen LogP contribution in [0.5, 0.6) is 0 Å². The summed E-state index contributed by atoms with van der Waals surface area (Å²) >= 11 is 1.73. The molecule has 0 amide bonds. The Labute approximate surface area is 105 Å². The van der Waals surface area contributed by atoms with Gasteiger partial charge in [-0.3, -0.25) is 0 Å². The Morgan fingerprint density at radius 3 is 2.82 bits per heavy atom. The Morgan fingerprint density at radius 1 is 1.35 bits per heavy atom. The van der Waals surface area contributed by atoms with E-state index in [9.17, 15) is 0 Å². The smallest absolute Gasteiger partial charge is 0.158 e. The van der Waals surface area contributed by atoms with Crippen LogP contribution in [0.1, 0.15) is 24.5 Å². The summed E-state index contributed by atoms with van der Waals surface area (Å²) in [6.07, 6.45) is 1.03. The zero-order valence-corrected chi connectivity index (χ0v) is 11.2. The Bertz CT molecular complexity index is 510. The average Bonchev–Trinajstić information content (AvgIpc) is 2.73. The second kappa shape index (κ2) is 5.42. The van der Waals surface area contributed by atoms with Crippen LogP contribution >= 0.6 is 11.3 Å². The summed E-state index contributed by atoms with van der Waals surface area (Å²) in [5.74, 6) is 1.65. The molecule has 2 heterocycles. The summed E-state index contributed by atoms with van der Waals surface area (Å²) in [6, 6.07) is 2.18. The summed E-state index contributed by atoms with van der Waals surface area (Å²) in [7, 11) is 1.66. The van der Waals surface area contributed by atoms with Gasteiger partial charge in [-0.05, 0) is 19.4 Å². The minimum atomic E-state index is 0.452. The van der Waals surface area contributed by atoms with Crippen LogP contribution in [-0.4, -0.2) is 23.6 Å². The van der Waals surface area contributed by atoms with Crippen molar-refractivity contribution in [2.24, 2.45) is 0 Å². The highest BCUT2D eigenvalue weighted by Gasteiger charge is 2.10. The molecule has 0 atom stereocenters. The molecule has 0 aliphatic carbocycles. The van der Waals surface area contributed by atoms with Crippen LogP contribution in [0.2, 0.25) is 0 Å². The van der Waals surface area contributed by atoms with E-state index in [2.05, 4.69) is 35.2 Å². The molecule has 0 spiro atoms. The van der Waals surface area contributed by atoms with Gasteiger partial charge in [-0.1, -0.05) is 6.92 Å². The van der Waals surface area contributed by atoms with Gasteiger partial charge in [0.05, 0.1) is 5.39 Å². The number of fused-ring (bicyclic) bond motifs is 1. The lowest BCUT2D eigenvalue weighted by atomic mass is 10.3. The number of ether oxygens (including phenoxy) is 1. The summed E-state index contributed by atoms with van der Waals surface area (Å²) in [5, 5.41) is 4.41. The second-order valence-electron chi connectivity index (χ2n) is 3.74. The van der Waals surface area contributed by atoms with Crippen LogP contribution in [0.3, 0.4) is 0 Å². The number of methoxy groups -OCH3 is 1. The van der Waals surface area contributed by atoms with Crippen molar-refractivity contribution in [1.82, 2.24) is 9.97 Å². The number of aromatic nitrogens is 2. The third kappa shape index (κ3) is 2.56. The maximum absolute atomic E-state index is 5.09. The van der Waals surface area contributed by atoms with Crippen LogP contribution in [0.4, 0.5) is 5.82 Å². The van der Waals surface area contributed by atoms with Crippen molar-refractivity contribution in [3.05, 3.63) is 16.8 Å². The lowest BCUT2D eigenvalue weighted by Crippen LogP contribution is -2.04. The standard InChI is InChI=1S/C12H17N3OS/c1-4-8-6-9-11(13-5-2)14-10(7-16-3)15-12(9)17-8/h6H,4-5,7H2,1-3H3,(H,13,14,15). The van der Waals surface area contributed by atoms with Gasteiger partial charge >= 0.3 is 0 Å². The first-order chi connectivity index (χ1) is 8.28. The lowest BCUT2D eigenvalue weighted by molar-refractivity contribution is 0.178. The number of aryl methyl sites for hydroxylation is 1. The predicted molar refractivity (Wildman–Crippen MR) is 71.7 cm³/mol. The van der Waals surface area contributed by atoms with Crippen LogP contribution in [0, 0.1) is 0 Å². The molecule has 0 aliphatic heterocycles. The Morgan fingerprint density at radius 2 is 2.18 bits per heavy atom. The van der Waals surface area contributed by atoms with Crippen molar-refractivity contribution >= 4 is 27.4 Å². The molecule has 2 aromatic rings. The van der Waals surface area contributed by atoms with Crippen molar-refractivity contribution in [2.75, 3.05) is 19.0 Å². The number of nitrogens with one attached hydrogen (secondary N) is 1. The van der Waals surface area contributed by atoms with Gasteiger partial charge in [0.15, 0.2) is 5.82 Å². The number of hydrogen-bond donors (Lipinski definition) is 1. The van der Waals surface area contributed by atoms with E-state index in [4.69, 9.17) is 4.74 Å². The van der Waals surface area contributed by atoms with E-state index in [1.165, 1.54) is 4.88 Å². The Balaban J connectivity index is 2.52. The topological polar surface area (TPSA) is 47.0 Å². The van der Waals surface area contributed by atoms with E-state index in [0.29, 0.717) is 6.61 Å². The van der Waals surface area contributed by atoms with Gasteiger partial charge in [0, 0.05) is 18.5 Å². The summed E-state index contributed by atoms with van der Waals surface area (Å²) in [5.41, 5.74) is 0. The van der Waals surface area contributed by atoms with Crippen LogP contribution < -0.4 is 5.32 Å². The Hall–Kier alpha value is -1.20. The quantitative estimate of drug-likeness (QED) is 0.887. The first kappa shape index (κ1) is 12.3. The number of hydrogen-bond acceptors (Lipinski definition) is 5. The van der Waals surface area contributed by atoms with Gasteiger partial charge in [0.2, 0.25) is 0 Å². The van der Waals surface area contributed by atoms with Crippen LogP contribution in [0.25, 0.3) is 10.2 Å². The third-order valence-electron chi connectivity index (χ3n) is 2.46. The lowest BCUT2D eigenvalue weighted by Gasteiger charge is -2.06. The van der Waals surface area contributed by atoms with Crippen molar-refractivity contribution in [2.45, 2.75) is 26.9 Å². The zero-order valence-electron chi connectivity index (χ0n) is 10.4. The van der Waals surface area contributed by atoms with Crippen LogP contribution in [0.15, 0.2) is 6.07 Å². The summed E-state index contributed by atoms with van der Waals surface area (Å²) in [4.78, 5) is 11.4. The molecule has 0 unspecified atom stereocenters. The van der Waals surface area contributed by atoms with E-state index in [1.54, 1.807) is 18.4 Å². The first-order valence-corrected chi connectivity index (χ1v) is 6.62. The molecule has 2 rings (SSSR count). The molecule has 0 saturated heterocycles. The molecule has 0 aromatic carbocycles. The molecule has 5 heteroatoms. The molecule has 0 fully saturated rings. The van der Waals surface area contributed by atoms with Gasteiger partial charge in [0.25, 0.3) is 0 Å². The number of nitrogens with zero attached hydrogens (tertiary/aromatic N) is 2. The van der Waals surface area contributed by atoms with Crippen molar-refractivity contribution in [3.63, 3.8) is 0 Å². The van der Waals surface area contributed by atoms with Gasteiger partial charge in [-0.25, -0.2) is 9.97 Å². The van der Waals surface area contributed by atoms with Gasteiger partial charge in [0.1, 0.15) is 17.3 Å². The zero-order chi connectivity index (χ0) is 12.3. The summed E-state index contributed by atoms with van der Waals surface area (Å²) in [6.45, 7) is 5.53. The average molecular weight is 251 g/mol. The largest absolute Gasteiger partial charge is 0.377 e. The SMILES string of the molecule is CCNc1nc(COC)nc2sc(CC)cc12. The highest BCUT2D eigenvalue weighted by atomic mass is 32.1. The molecular weight excluding hydrogens is 234 g/mol. The highest BCUT2D eigenvalue weighted by molar-refractivity contribution is 7.18. The number of anilines is 1. The molecule has 0 saturated carbocycles. The fourth-order valence-electron chi connectivity index (χ4n) is 1.69. The molecule has 17 heavy (non-hydrogen) atoms.